The van der Waals surface area contributed by atoms with Crippen LogP contribution in [-0.2, 0) is 10.0 Å². The van der Waals surface area contributed by atoms with Gasteiger partial charge in [-0.3, -0.25) is 0 Å². The molecule has 1 atom stereocenters. The van der Waals surface area contributed by atoms with Crippen LogP contribution in [0.25, 0.3) is 0 Å². The highest BCUT2D eigenvalue weighted by Gasteiger charge is 2.35. The highest BCUT2D eigenvalue weighted by atomic mass is 32.2. The summed E-state index contributed by atoms with van der Waals surface area (Å²) in [6, 6.07) is 10.5. The second kappa shape index (κ2) is 6.53. The Kier molecular flexibility index (Phi) is 4.60. The van der Waals surface area contributed by atoms with Crippen molar-refractivity contribution in [3.63, 3.8) is 0 Å². The average Bonchev–Trinajstić information content (AvgIpc) is 2.55. The van der Waals surface area contributed by atoms with Gasteiger partial charge in [0.05, 0.1) is 10.9 Å². The van der Waals surface area contributed by atoms with E-state index in [4.69, 9.17) is 5.73 Å². The first-order chi connectivity index (χ1) is 11.4. The second-order valence-electron chi connectivity index (χ2n) is 6.35. The van der Waals surface area contributed by atoms with Crippen LogP contribution in [0.15, 0.2) is 41.3 Å². The molecule has 5 nitrogen and oxygen atoms in total. The third kappa shape index (κ3) is 3.16. The van der Waals surface area contributed by atoms with E-state index in [1.165, 1.54) is 0 Å². The summed E-state index contributed by atoms with van der Waals surface area (Å²) in [7, 11) is -3.53. The van der Waals surface area contributed by atoms with Crippen molar-refractivity contribution in [1.82, 2.24) is 9.29 Å². The molecule has 6 heteroatoms. The highest BCUT2D eigenvalue weighted by Crippen LogP contribution is 2.36. The van der Waals surface area contributed by atoms with Gasteiger partial charge in [0.15, 0.2) is 0 Å². The Morgan fingerprint density at radius 1 is 1.08 bits per heavy atom. The number of nitrogens with two attached hydrogens (primary N) is 1. The highest BCUT2D eigenvalue weighted by molar-refractivity contribution is 7.89. The Morgan fingerprint density at radius 2 is 1.79 bits per heavy atom. The van der Waals surface area contributed by atoms with Crippen LogP contribution in [0.1, 0.15) is 42.1 Å². The summed E-state index contributed by atoms with van der Waals surface area (Å²) in [6.45, 7) is 4.37. The molecule has 1 fully saturated rings. The molecular weight excluding hydrogens is 322 g/mol. The molecule has 24 heavy (non-hydrogen) atoms. The van der Waals surface area contributed by atoms with Gasteiger partial charge in [-0.15, -0.1) is 0 Å². The maximum absolute atomic E-state index is 13.1. The Balaban J connectivity index is 2.01. The van der Waals surface area contributed by atoms with Gasteiger partial charge in [0.2, 0.25) is 10.0 Å². The molecule has 1 aromatic carbocycles. The lowest BCUT2D eigenvalue weighted by Crippen LogP contribution is -2.38. The van der Waals surface area contributed by atoms with Crippen LogP contribution < -0.4 is 5.73 Å². The number of piperidine rings is 1. The van der Waals surface area contributed by atoms with Crippen molar-refractivity contribution in [3.05, 3.63) is 53.2 Å². The quantitative estimate of drug-likeness (QED) is 0.927. The minimum Gasteiger partial charge on any atom is -0.384 e. The number of hydrogen-bond donors (Lipinski definition) is 1. The summed E-state index contributed by atoms with van der Waals surface area (Å²) in [5.41, 5.74) is 8.53. The van der Waals surface area contributed by atoms with Crippen LogP contribution in [0, 0.1) is 13.8 Å². The lowest BCUT2D eigenvalue weighted by Gasteiger charge is -2.35. The summed E-state index contributed by atoms with van der Waals surface area (Å²) >= 11 is 0. The Bertz CT molecular complexity index is 832. The van der Waals surface area contributed by atoms with Crippen LogP contribution >= 0.6 is 0 Å². The van der Waals surface area contributed by atoms with E-state index in [9.17, 15) is 8.42 Å². The fourth-order valence-electron chi connectivity index (χ4n) is 3.29. The van der Waals surface area contributed by atoms with Crippen molar-refractivity contribution in [2.24, 2.45) is 0 Å². The van der Waals surface area contributed by atoms with Crippen LogP contribution in [0.2, 0.25) is 0 Å². The van der Waals surface area contributed by atoms with Gasteiger partial charge in [-0.2, -0.15) is 4.31 Å². The van der Waals surface area contributed by atoms with Crippen LogP contribution in [-0.4, -0.2) is 24.3 Å². The predicted molar refractivity (Wildman–Crippen MR) is 95.0 cm³/mol. The molecule has 0 saturated carbocycles. The summed E-state index contributed by atoms with van der Waals surface area (Å²) in [4.78, 5) is 4.65. The maximum atomic E-state index is 13.1. The number of aryl methyl sites for hydroxylation is 2. The van der Waals surface area contributed by atoms with Crippen LogP contribution in [0.3, 0.4) is 0 Å². The molecule has 0 aliphatic carbocycles. The molecule has 0 radical (unpaired) electrons. The molecule has 128 valence electrons. The van der Waals surface area contributed by atoms with E-state index in [0.717, 1.165) is 36.1 Å². The smallest absolute Gasteiger partial charge is 0.243 e. The Morgan fingerprint density at radius 3 is 2.46 bits per heavy atom. The van der Waals surface area contributed by atoms with Gasteiger partial charge >= 0.3 is 0 Å². The summed E-state index contributed by atoms with van der Waals surface area (Å²) in [5.74, 6) is 0.458. The first-order valence-electron chi connectivity index (χ1n) is 8.21. The van der Waals surface area contributed by atoms with Gasteiger partial charge in [0, 0.05) is 12.2 Å². The third-order valence-electron chi connectivity index (χ3n) is 4.59. The molecule has 0 amide bonds. The normalized spacial score (nSPS) is 19.3. The number of nitrogens with zero attached hydrogens (tertiary/aromatic N) is 2. The lowest BCUT2D eigenvalue weighted by molar-refractivity contribution is 0.255. The minimum atomic E-state index is -3.53. The van der Waals surface area contributed by atoms with Crippen molar-refractivity contribution < 1.29 is 8.42 Å². The number of rotatable bonds is 3. The fourth-order valence-corrected chi connectivity index (χ4v) is 4.97. The van der Waals surface area contributed by atoms with Gasteiger partial charge in [0.25, 0.3) is 0 Å². The SMILES string of the molecule is Cc1ccc(S(=O)(=O)N2CCCCC2c2ccc(N)nc2C)cc1. The van der Waals surface area contributed by atoms with Gasteiger partial charge in [-0.1, -0.05) is 30.2 Å². The van der Waals surface area contributed by atoms with Crippen molar-refractivity contribution in [3.8, 4) is 0 Å². The number of benzene rings is 1. The van der Waals surface area contributed by atoms with E-state index in [1.54, 1.807) is 22.5 Å². The Labute approximate surface area is 143 Å². The third-order valence-corrected chi connectivity index (χ3v) is 6.51. The van der Waals surface area contributed by atoms with E-state index < -0.39 is 10.0 Å². The molecule has 2 aromatic rings. The molecule has 0 bridgehead atoms. The number of nitrogen functional groups attached to an aromatic ring is 1. The topological polar surface area (TPSA) is 76.3 Å². The van der Waals surface area contributed by atoms with Crippen molar-refractivity contribution in [1.29, 1.82) is 0 Å². The van der Waals surface area contributed by atoms with Gasteiger partial charge in [-0.25, -0.2) is 13.4 Å². The standard InChI is InChI=1S/C18H23N3O2S/c1-13-6-8-15(9-7-13)24(22,23)21-12-4-3-5-17(21)16-10-11-18(19)20-14(16)2/h6-11,17H,3-5,12H2,1-2H3,(H2,19,20). The number of pyridine rings is 1. The van der Waals surface area contributed by atoms with E-state index in [2.05, 4.69) is 4.98 Å². The zero-order valence-corrected chi connectivity index (χ0v) is 14.9. The lowest BCUT2D eigenvalue weighted by atomic mass is 9.96. The number of anilines is 1. The summed E-state index contributed by atoms with van der Waals surface area (Å²) in [6.07, 6.45) is 2.69. The number of hydrogen-bond acceptors (Lipinski definition) is 4. The fraction of sp³-hybridized carbons (Fsp3) is 0.389. The predicted octanol–water partition coefficient (Wildman–Crippen LogP) is 3.20. The molecule has 2 N–H and O–H groups in total. The Hall–Kier alpha value is -1.92. The molecule has 3 rings (SSSR count). The number of sulfonamides is 1. The molecule has 1 saturated heterocycles. The molecule has 2 heterocycles. The molecule has 1 aliphatic heterocycles. The largest absolute Gasteiger partial charge is 0.384 e. The van der Waals surface area contributed by atoms with E-state index >= 15 is 0 Å². The molecule has 1 unspecified atom stereocenters. The first kappa shape index (κ1) is 16.9. The maximum Gasteiger partial charge on any atom is 0.243 e. The molecule has 1 aromatic heterocycles. The first-order valence-corrected chi connectivity index (χ1v) is 9.65. The second-order valence-corrected chi connectivity index (χ2v) is 8.24. The molecule has 0 spiro atoms. The van der Waals surface area contributed by atoms with Crippen molar-refractivity contribution in [2.75, 3.05) is 12.3 Å². The van der Waals surface area contributed by atoms with Gasteiger partial charge < -0.3 is 5.73 Å². The summed E-state index contributed by atoms with van der Waals surface area (Å²) < 4.78 is 27.9. The van der Waals surface area contributed by atoms with Crippen molar-refractivity contribution in [2.45, 2.75) is 44.0 Å². The minimum absolute atomic E-state index is 0.182. The molecule has 1 aliphatic rings. The van der Waals surface area contributed by atoms with E-state index in [1.807, 2.05) is 32.0 Å². The zero-order valence-electron chi connectivity index (χ0n) is 14.1. The molecular formula is C18H23N3O2S. The van der Waals surface area contributed by atoms with Crippen molar-refractivity contribution >= 4 is 15.8 Å². The van der Waals surface area contributed by atoms with Crippen LogP contribution in [0.5, 0.6) is 0 Å². The van der Waals surface area contributed by atoms with Crippen LogP contribution in [0.4, 0.5) is 5.82 Å². The average molecular weight is 345 g/mol. The van der Waals surface area contributed by atoms with E-state index in [-0.39, 0.29) is 6.04 Å². The zero-order chi connectivity index (χ0) is 17.3. The number of aromatic nitrogens is 1. The monoisotopic (exact) mass is 345 g/mol. The van der Waals surface area contributed by atoms with Gasteiger partial charge in [0.1, 0.15) is 5.82 Å². The van der Waals surface area contributed by atoms with E-state index in [0.29, 0.717) is 17.3 Å². The van der Waals surface area contributed by atoms with Gasteiger partial charge in [-0.05, 0) is 50.5 Å². The summed E-state index contributed by atoms with van der Waals surface area (Å²) in [5, 5.41) is 0.